The minimum atomic E-state index is -0.493. The third kappa shape index (κ3) is 4.07. The van der Waals surface area contributed by atoms with Gasteiger partial charge in [0.2, 0.25) is 17.5 Å². The number of hydrogen-bond donors (Lipinski definition) is 1. The normalized spacial score (nSPS) is 15.5. The Kier molecular flexibility index (Phi) is 5.93. The van der Waals surface area contributed by atoms with Gasteiger partial charge in [-0.15, -0.1) is 5.10 Å². The zero-order valence-electron chi connectivity index (χ0n) is 17.8. The van der Waals surface area contributed by atoms with E-state index in [2.05, 4.69) is 15.5 Å². The molecule has 3 aromatic rings. The summed E-state index contributed by atoms with van der Waals surface area (Å²) in [5, 5.41) is 10.5. The summed E-state index contributed by atoms with van der Waals surface area (Å²) < 4.78 is 21.4. The lowest BCUT2D eigenvalue weighted by Gasteiger charge is -2.15. The molecule has 1 fully saturated rings. The Morgan fingerprint density at radius 1 is 1.06 bits per heavy atom. The first-order valence-corrected chi connectivity index (χ1v) is 9.84. The number of benzene rings is 2. The number of nitrogens with one attached hydrogen (secondary N) is 1. The molecule has 1 N–H and O–H groups in total. The summed E-state index contributed by atoms with van der Waals surface area (Å²) in [7, 11) is 4.41. The van der Waals surface area contributed by atoms with Crippen LogP contribution in [0.15, 0.2) is 46.9 Å². The number of hydrogen-bond acceptors (Lipinski definition) is 8. The van der Waals surface area contributed by atoms with Crippen LogP contribution >= 0.6 is 0 Å². The largest absolute Gasteiger partial charge is 0.493 e. The Hall–Kier alpha value is -4.08. The Morgan fingerprint density at radius 3 is 2.38 bits per heavy atom. The van der Waals surface area contributed by atoms with Crippen LogP contribution in [0.3, 0.4) is 0 Å². The van der Waals surface area contributed by atoms with Crippen molar-refractivity contribution >= 4 is 23.5 Å². The molecule has 0 unspecified atom stereocenters. The maximum atomic E-state index is 12.7. The number of carbonyl (C=O) groups excluding carboxylic acids is 2. The van der Waals surface area contributed by atoms with Gasteiger partial charge in [-0.2, -0.15) is 0 Å². The maximum Gasteiger partial charge on any atom is 0.322 e. The van der Waals surface area contributed by atoms with E-state index in [9.17, 15) is 9.59 Å². The van der Waals surface area contributed by atoms with Gasteiger partial charge < -0.3 is 23.5 Å². The molecule has 0 aliphatic carbocycles. The average molecular weight is 438 g/mol. The van der Waals surface area contributed by atoms with Crippen LogP contribution in [0.4, 0.5) is 11.7 Å². The molecule has 10 nitrogen and oxygen atoms in total. The lowest BCUT2D eigenvalue weighted by molar-refractivity contribution is -0.117. The molecule has 0 bridgehead atoms. The SMILES string of the molecule is COc1cc(C(=O)Nc2nnc([C@H]3CC(=O)N(c4ccccc4)C3)o2)cc(OC)c1OC. The third-order valence-corrected chi connectivity index (χ3v) is 5.13. The minimum Gasteiger partial charge on any atom is -0.493 e. The molecule has 2 heterocycles. The van der Waals surface area contributed by atoms with E-state index in [-0.39, 0.29) is 35.7 Å². The zero-order chi connectivity index (χ0) is 22.7. The van der Waals surface area contributed by atoms with Crippen molar-refractivity contribution in [3.8, 4) is 17.2 Å². The van der Waals surface area contributed by atoms with Crippen molar-refractivity contribution in [3.05, 3.63) is 53.9 Å². The van der Waals surface area contributed by atoms with E-state index in [4.69, 9.17) is 18.6 Å². The maximum absolute atomic E-state index is 12.7. The molecule has 32 heavy (non-hydrogen) atoms. The quantitative estimate of drug-likeness (QED) is 0.599. The fraction of sp³-hybridized carbons (Fsp3) is 0.273. The summed E-state index contributed by atoms with van der Waals surface area (Å²) in [6.45, 7) is 0.422. The second kappa shape index (κ2) is 8.96. The van der Waals surface area contributed by atoms with Crippen molar-refractivity contribution in [2.75, 3.05) is 38.1 Å². The number of nitrogens with zero attached hydrogens (tertiary/aromatic N) is 3. The van der Waals surface area contributed by atoms with E-state index in [0.29, 0.717) is 23.8 Å². The second-order valence-corrected chi connectivity index (χ2v) is 7.05. The highest BCUT2D eigenvalue weighted by atomic mass is 16.5. The number of ether oxygens (including phenoxy) is 3. The van der Waals surface area contributed by atoms with Crippen LogP contribution in [0.25, 0.3) is 0 Å². The second-order valence-electron chi connectivity index (χ2n) is 7.05. The average Bonchev–Trinajstić information content (AvgIpc) is 3.44. The smallest absolute Gasteiger partial charge is 0.322 e. The van der Waals surface area contributed by atoms with Gasteiger partial charge in [0.1, 0.15) is 0 Å². The number of carbonyl (C=O) groups is 2. The number of aromatic nitrogens is 2. The predicted octanol–water partition coefficient (Wildman–Crippen LogP) is 2.87. The topological polar surface area (TPSA) is 116 Å². The van der Waals surface area contributed by atoms with Crippen LogP contribution in [-0.4, -0.2) is 49.9 Å². The van der Waals surface area contributed by atoms with Gasteiger partial charge in [-0.3, -0.25) is 14.9 Å². The summed E-state index contributed by atoms with van der Waals surface area (Å²) in [5.41, 5.74) is 1.07. The van der Waals surface area contributed by atoms with Gasteiger partial charge >= 0.3 is 6.01 Å². The van der Waals surface area contributed by atoms with E-state index in [0.717, 1.165) is 5.69 Å². The van der Waals surface area contributed by atoms with Gasteiger partial charge in [-0.25, -0.2) is 0 Å². The molecule has 0 saturated carbocycles. The summed E-state index contributed by atoms with van der Waals surface area (Å²) in [6.07, 6.45) is 0.247. The fourth-order valence-corrected chi connectivity index (χ4v) is 3.56. The molecule has 1 aliphatic heterocycles. The first-order chi connectivity index (χ1) is 15.5. The van der Waals surface area contributed by atoms with Crippen molar-refractivity contribution < 1.29 is 28.2 Å². The Morgan fingerprint density at radius 2 is 1.75 bits per heavy atom. The number of methoxy groups -OCH3 is 3. The zero-order valence-corrected chi connectivity index (χ0v) is 17.8. The molecule has 2 aromatic carbocycles. The third-order valence-electron chi connectivity index (χ3n) is 5.13. The van der Waals surface area contributed by atoms with Crippen molar-refractivity contribution in [2.24, 2.45) is 0 Å². The molecule has 0 spiro atoms. The van der Waals surface area contributed by atoms with Crippen molar-refractivity contribution in [1.29, 1.82) is 0 Å². The summed E-state index contributed by atoms with van der Waals surface area (Å²) in [5.74, 6) is 0.567. The highest BCUT2D eigenvalue weighted by Crippen LogP contribution is 2.38. The van der Waals surface area contributed by atoms with Gasteiger partial charge in [0.15, 0.2) is 11.5 Å². The predicted molar refractivity (Wildman–Crippen MR) is 115 cm³/mol. The monoisotopic (exact) mass is 438 g/mol. The summed E-state index contributed by atoms with van der Waals surface area (Å²) >= 11 is 0. The van der Waals surface area contributed by atoms with Crippen LogP contribution in [0.2, 0.25) is 0 Å². The van der Waals surface area contributed by atoms with Gasteiger partial charge in [0.25, 0.3) is 5.91 Å². The van der Waals surface area contributed by atoms with E-state index in [1.165, 1.54) is 33.5 Å². The Labute approximate surface area is 184 Å². The first-order valence-electron chi connectivity index (χ1n) is 9.84. The van der Waals surface area contributed by atoms with Gasteiger partial charge in [-0.05, 0) is 24.3 Å². The molecule has 1 aromatic heterocycles. The molecule has 1 atom stereocenters. The van der Waals surface area contributed by atoms with Crippen molar-refractivity contribution in [3.63, 3.8) is 0 Å². The summed E-state index contributed by atoms with van der Waals surface area (Å²) in [4.78, 5) is 26.8. The molecule has 2 amide bonds. The van der Waals surface area contributed by atoms with E-state index < -0.39 is 5.91 Å². The molecule has 4 rings (SSSR count). The van der Waals surface area contributed by atoms with Gasteiger partial charge in [-0.1, -0.05) is 23.3 Å². The molecule has 0 radical (unpaired) electrons. The molecular formula is C22H22N4O6. The number of amides is 2. The van der Waals surface area contributed by atoms with E-state index in [1.807, 2.05) is 30.3 Å². The van der Waals surface area contributed by atoms with Crippen LogP contribution in [0.1, 0.15) is 28.6 Å². The molecular weight excluding hydrogens is 416 g/mol. The first kappa shape index (κ1) is 21.2. The van der Waals surface area contributed by atoms with Crippen LogP contribution in [-0.2, 0) is 4.79 Å². The highest BCUT2D eigenvalue weighted by Gasteiger charge is 2.35. The van der Waals surface area contributed by atoms with Crippen LogP contribution < -0.4 is 24.4 Å². The lowest BCUT2D eigenvalue weighted by atomic mass is 10.1. The summed E-state index contributed by atoms with van der Waals surface area (Å²) in [6, 6.07) is 12.3. The Bertz CT molecular complexity index is 1110. The van der Waals surface area contributed by atoms with Gasteiger partial charge in [0, 0.05) is 24.2 Å². The van der Waals surface area contributed by atoms with E-state index >= 15 is 0 Å². The number of para-hydroxylation sites is 1. The fourth-order valence-electron chi connectivity index (χ4n) is 3.56. The van der Waals surface area contributed by atoms with Crippen molar-refractivity contribution in [2.45, 2.75) is 12.3 Å². The molecule has 166 valence electrons. The minimum absolute atomic E-state index is 0.0255. The van der Waals surface area contributed by atoms with Crippen molar-refractivity contribution in [1.82, 2.24) is 10.2 Å². The number of anilines is 2. The lowest BCUT2D eigenvalue weighted by Crippen LogP contribution is -2.24. The highest BCUT2D eigenvalue weighted by molar-refractivity contribution is 6.04. The standard InChI is InChI=1S/C22H22N4O6/c1-29-16-9-13(10-17(30-2)19(16)31-3)20(28)23-22-25-24-21(32-22)14-11-18(27)26(12-14)15-7-5-4-6-8-15/h4-10,14H,11-12H2,1-3H3,(H,23,25,28)/t14-/m0/s1. The Balaban J connectivity index is 1.48. The molecule has 1 aliphatic rings. The molecule has 10 heteroatoms. The number of rotatable bonds is 7. The van der Waals surface area contributed by atoms with E-state index in [1.54, 1.807) is 4.90 Å². The van der Waals surface area contributed by atoms with Gasteiger partial charge in [0.05, 0.1) is 27.2 Å². The molecule has 1 saturated heterocycles. The van der Waals surface area contributed by atoms with Crippen LogP contribution in [0.5, 0.6) is 17.2 Å². The van der Waals surface area contributed by atoms with Crippen LogP contribution in [0, 0.1) is 0 Å².